The van der Waals surface area contributed by atoms with Gasteiger partial charge >= 0.3 is 11.8 Å². The number of nitrogens with zero attached hydrogens (tertiary/aromatic N) is 3. The van der Waals surface area contributed by atoms with Crippen molar-refractivity contribution in [2.24, 2.45) is 0 Å². The van der Waals surface area contributed by atoms with Gasteiger partial charge < -0.3 is 19.6 Å². The first-order valence-corrected chi connectivity index (χ1v) is 8.75. The molecule has 0 bridgehead atoms. The molecule has 0 aliphatic carbocycles. The van der Waals surface area contributed by atoms with E-state index in [1.165, 1.54) is 16.7 Å². The molecule has 150 valence electrons. The molecule has 8 nitrogen and oxygen atoms in total. The number of nitro groups is 1. The van der Waals surface area contributed by atoms with E-state index in [2.05, 4.69) is 4.98 Å². The van der Waals surface area contributed by atoms with Crippen molar-refractivity contribution in [1.29, 1.82) is 0 Å². The number of ether oxygens (including phenoxy) is 2. The van der Waals surface area contributed by atoms with Crippen LogP contribution in [0.4, 0.5) is 10.2 Å². The summed E-state index contributed by atoms with van der Waals surface area (Å²) in [6, 6.07) is 12.5. The zero-order chi connectivity index (χ0) is 20.8. The molecule has 3 aromatic rings. The molecular weight excluding hydrogens is 381 g/mol. The fraction of sp³-hybridized carbons (Fsp3) is 0.200. The zero-order valence-electron chi connectivity index (χ0n) is 15.6. The van der Waals surface area contributed by atoms with Crippen molar-refractivity contribution >= 4 is 11.8 Å². The van der Waals surface area contributed by atoms with Crippen molar-refractivity contribution in [2.75, 3.05) is 6.61 Å². The highest BCUT2D eigenvalue weighted by Gasteiger charge is 2.19. The first-order chi connectivity index (χ1) is 14.0. The van der Waals surface area contributed by atoms with Crippen LogP contribution in [0.5, 0.6) is 5.75 Å². The Kier molecular flexibility index (Phi) is 6.18. The molecule has 0 unspecified atom stereocenters. The second-order valence-electron chi connectivity index (χ2n) is 6.12. The highest BCUT2D eigenvalue weighted by Crippen LogP contribution is 2.21. The van der Waals surface area contributed by atoms with Crippen molar-refractivity contribution in [1.82, 2.24) is 9.55 Å². The summed E-state index contributed by atoms with van der Waals surface area (Å²) < 4.78 is 25.5. The molecule has 0 saturated heterocycles. The van der Waals surface area contributed by atoms with Gasteiger partial charge in [0.2, 0.25) is 0 Å². The molecule has 3 rings (SSSR count). The van der Waals surface area contributed by atoms with E-state index in [4.69, 9.17) is 9.47 Å². The summed E-state index contributed by atoms with van der Waals surface area (Å²) in [6.45, 7) is 1.74. The highest BCUT2D eigenvalue weighted by molar-refractivity contribution is 5.92. The average Bonchev–Trinajstić information content (AvgIpc) is 3.07. The van der Waals surface area contributed by atoms with E-state index in [0.717, 1.165) is 6.20 Å². The monoisotopic (exact) mass is 399 g/mol. The summed E-state index contributed by atoms with van der Waals surface area (Å²) in [5.41, 5.74) is 0.830. The molecule has 1 heterocycles. The minimum atomic E-state index is -0.625. The Morgan fingerprint density at radius 2 is 2.03 bits per heavy atom. The maximum Gasteiger partial charge on any atom is 0.342 e. The first kappa shape index (κ1) is 20.0. The predicted octanol–water partition coefficient (Wildman–Crippen LogP) is 3.67. The Labute approximate surface area is 165 Å². The third kappa shape index (κ3) is 4.95. The van der Waals surface area contributed by atoms with Gasteiger partial charge in [-0.2, -0.15) is 0 Å². The van der Waals surface area contributed by atoms with Crippen LogP contribution in [0.15, 0.2) is 54.7 Å². The number of hydrogen-bond donors (Lipinski definition) is 0. The number of aryl methyl sites for hydroxylation is 1. The summed E-state index contributed by atoms with van der Waals surface area (Å²) in [7, 11) is 0. The van der Waals surface area contributed by atoms with Gasteiger partial charge in [0.25, 0.3) is 0 Å². The van der Waals surface area contributed by atoms with Crippen LogP contribution in [0.3, 0.4) is 0 Å². The van der Waals surface area contributed by atoms with Crippen LogP contribution in [0.25, 0.3) is 0 Å². The summed E-state index contributed by atoms with van der Waals surface area (Å²) >= 11 is 0. The fourth-order valence-electron chi connectivity index (χ4n) is 2.73. The van der Waals surface area contributed by atoms with Crippen LogP contribution in [0.1, 0.15) is 21.7 Å². The topological polar surface area (TPSA) is 96.5 Å². The number of carbonyl (C=O) groups is 1. The van der Waals surface area contributed by atoms with Gasteiger partial charge in [-0.1, -0.05) is 24.3 Å². The zero-order valence-corrected chi connectivity index (χ0v) is 15.6. The first-order valence-electron chi connectivity index (χ1n) is 8.75. The number of para-hydroxylation sites is 1. The lowest BCUT2D eigenvalue weighted by atomic mass is 10.2. The summed E-state index contributed by atoms with van der Waals surface area (Å²) in [5.74, 6) is -0.418. The van der Waals surface area contributed by atoms with E-state index in [1.807, 2.05) is 0 Å². The molecule has 0 atom stereocenters. The molecule has 0 saturated carbocycles. The highest BCUT2D eigenvalue weighted by atomic mass is 19.1. The van der Waals surface area contributed by atoms with Gasteiger partial charge in [-0.05, 0) is 34.8 Å². The Hall–Kier alpha value is -3.75. The average molecular weight is 399 g/mol. The number of esters is 1. The molecule has 9 heteroatoms. The quantitative estimate of drug-likeness (QED) is 0.326. The van der Waals surface area contributed by atoms with Gasteiger partial charge in [-0.25, -0.2) is 18.7 Å². The molecule has 0 amide bonds. The third-order valence-electron chi connectivity index (χ3n) is 4.16. The number of halogens is 1. The smallest absolute Gasteiger partial charge is 0.342 e. The number of aromatic nitrogens is 2. The number of carbonyl (C=O) groups excluding carboxylic acids is 1. The number of rotatable bonds is 8. The molecule has 29 heavy (non-hydrogen) atoms. The Morgan fingerprint density at radius 1 is 1.24 bits per heavy atom. The van der Waals surface area contributed by atoms with E-state index in [-0.39, 0.29) is 37.0 Å². The van der Waals surface area contributed by atoms with Crippen molar-refractivity contribution in [3.63, 3.8) is 0 Å². The van der Waals surface area contributed by atoms with Crippen LogP contribution in [0.2, 0.25) is 0 Å². The minimum absolute atomic E-state index is 0.0743. The lowest BCUT2D eigenvalue weighted by Gasteiger charge is -2.11. The molecule has 2 aromatic carbocycles. The molecular formula is C20H18FN3O5. The second-order valence-corrected chi connectivity index (χ2v) is 6.12. The summed E-state index contributed by atoms with van der Waals surface area (Å²) in [5, 5.41) is 11.0. The predicted molar refractivity (Wildman–Crippen MR) is 101 cm³/mol. The standard InChI is InChI=1S/C20H18FN3O5/c1-14-22-12-19(24(26)27)23(14)9-10-28-20(25)17-7-2-3-8-18(17)29-13-15-5-4-6-16(21)11-15/h2-8,11-12H,9-10,13H2,1H3. The number of benzene rings is 2. The SMILES string of the molecule is Cc1ncc([N+](=O)[O-])n1CCOC(=O)c1ccccc1OCc1cccc(F)c1. The summed E-state index contributed by atoms with van der Waals surface area (Å²) in [4.78, 5) is 26.8. The van der Waals surface area contributed by atoms with Crippen LogP contribution < -0.4 is 4.74 Å². The van der Waals surface area contributed by atoms with Crippen LogP contribution in [-0.4, -0.2) is 27.1 Å². The Morgan fingerprint density at radius 3 is 2.79 bits per heavy atom. The van der Waals surface area contributed by atoms with E-state index in [0.29, 0.717) is 17.1 Å². The largest absolute Gasteiger partial charge is 0.488 e. The lowest BCUT2D eigenvalue weighted by Crippen LogP contribution is -2.14. The van der Waals surface area contributed by atoms with Crippen molar-refractivity contribution < 1.29 is 23.6 Å². The van der Waals surface area contributed by atoms with Gasteiger partial charge in [0.1, 0.15) is 43.1 Å². The number of hydrogen-bond acceptors (Lipinski definition) is 6. The van der Waals surface area contributed by atoms with Gasteiger partial charge in [0.15, 0.2) is 5.82 Å². The van der Waals surface area contributed by atoms with E-state index in [9.17, 15) is 19.3 Å². The van der Waals surface area contributed by atoms with Gasteiger partial charge in [0.05, 0.1) is 0 Å². The molecule has 0 spiro atoms. The third-order valence-corrected chi connectivity index (χ3v) is 4.16. The van der Waals surface area contributed by atoms with E-state index < -0.39 is 10.9 Å². The summed E-state index contributed by atoms with van der Waals surface area (Å²) in [6.07, 6.45) is 1.16. The van der Waals surface area contributed by atoms with Crippen LogP contribution >= 0.6 is 0 Å². The normalized spacial score (nSPS) is 10.6. The van der Waals surface area contributed by atoms with Crippen molar-refractivity contribution in [3.05, 3.63) is 87.6 Å². The maximum atomic E-state index is 13.3. The van der Waals surface area contributed by atoms with E-state index in [1.54, 1.807) is 43.3 Å². The minimum Gasteiger partial charge on any atom is -0.488 e. The molecule has 0 aliphatic heterocycles. The molecule has 0 aliphatic rings. The Balaban J connectivity index is 1.63. The van der Waals surface area contributed by atoms with Crippen molar-refractivity contribution in [3.8, 4) is 5.75 Å². The molecule has 0 radical (unpaired) electrons. The lowest BCUT2D eigenvalue weighted by molar-refractivity contribution is -0.392. The molecule has 0 fully saturated rings. The number of imidazole rings is 1. The van der Waals surface area contributed by atoms with Gasteiger partial charge in [-0.3, -0.25) is 0 Å². The fourth-order valence-corrected chi connectivity index (χ4v) is 2.73. The van der Waals surface area contributed by atoms with Crippen molar-refractivity contribution in [2.45, 2.75) is 20.1 Å². The van der Waals surface area contributed by atoms with Gasteiger partial charge in [0, 0.05) is 6.92 Å². The molecule has 0 N–H and O–H groups in total. The maximum absolute atomic E-state index is 13.3. The van der Waals surface area contributed by atoms with E-state index >= 15 is 0 Å². The second kappa shape index (κ2) is 8.96. The van der Waals surface area contributed by atoms with Crippen LogP contribution in [-0.2, 0) is 17.9 Å². The molecule has 1 aromatic heterocycles. The Bertz CT molecular complexity index is 1030. The van der Waals surface area contributed by atoms with Gasteiger partial charge in [-0.15, -0.1) is 0 Å². The van der Waals surface area contributed by atoms with Crippen LogP contribution in [0, 0.1) is 22.9 Å².